The number of fused-ring (bicyclic) bond motifs is 2. The maximum absolute atomic E-state index is 9.74. The average molecular weight is 423 g/mol. The van der Waals surface area contributed by atoms with Crippen LogP contribution in [0.4, 0.5) is 5.82 Å². The first kappa shape index (κ1) is 19.3. The zero-order valence-corrected chi connectivity index (χ0v) is 18.3. The van der Waals surface area contributed by atoms with Crippen molar-refractivity contribution >= 4 is 32.9 Å². The van der Waals surface area contributed by atoms with Gasteiger partial charge in [0.05, 0.1) is 24.3 Å². The van der Waals surface area contributed by atoms with Crippen molar-refractivity contribution in [2.45, 2.75) is 51.7 Å². The van der Waals surface area contributed by atoms with Crippen LogP contribution in [0.3, 0.4) is 0 Å². The molecule has 0 atom stereocenters. The van der Waals surface area contributed by atoms with E-state index in [1.807, 2.05) is 22.8 Å². The highest BCUT2D eigenvalue weighted by atomic mass is 32.1. The summed E-state index contributed by atoms with van der Waals surface area (Å²) in [4.78, 5) is 5.70. The Bertz CT molecular complexity index is 1220. The number of ether oxygens (including phenoxy) is 1. The number of benzene rings is 1. The number of aliphatic hydroxyl groups excluding tert-OH is 1. The molecule has 156 valence electrons. The van der Waals surface area contributed by atoms with E-state index < -0.39 is 0 Å². The molecule has 1 aliphatic rings. The Morgan fingerprint density at radius 1 is 1.13 bits per heavy atom. The van der Waals surface area contributed by atoms with E-state index in [1.165, 1.54) is 21.2 Å². The van der Waals surface area contributed by atoms with Gasteiger partial charge in [0, 0.05) is 10.7 Å². The molecule has 5 rings (SSSR count). The molecule has 1 saturated carbocycles. The molecule has 1 fully saturated rings. The zero-order chi connectivity index (χ0) is 20.8. The van der Waals surface area contributed by atoms with Crippen LogP contribution in [0.2, 0.25) is 0 Å². The van der Waals surface area contributed by atoms with Crippen molar-refractivity contribution < 1.29 is 9.84 Å². The minimum atomic E-state index is -0.155. The molecule has 4 aromatic rings. The maximum Gasteiger partial charge on any atom is 0.154 e. The van der Waals surface area contributed by atoms with E-state index in [4.69, 9.17) is 9.84 Å². The van der Waals surface area contributed by atoms with E-state index >= 15 is 0 Å². The first-order valence-corrected chi connectivity index (χ1v) is 11.2. The first-order valence-electron chi connectivity index (χ1n) is 10.4. The third-order valence-electron chi connectivity index (χ3n) is 6.24. The summed E-state index contributed by atoms with van der Waals surface area (Å²) in [6.45, 7) is 4.25. The number of aromatic nitrogens is 3. The van der Waals surface area contributed by atoms with E-state index in [9.17, 15) is 5.11 Å². The molecule has 1 aliphatic carbocycles. The van der Waals surface area contributed by atoms with Crippen LogP contribution in [0.5, 0.6) is 5.75 Å². The van der Waals surface area contributed by atoms with Crippen molar-refractivity contribution in [2.75, 3.05) is 12.4 Å². The second-order valence-corrected chi connectivity index (χ2v) is 9.22. The Balaban J connectivity index is 1.52. The fourth-order valence-corrected chi connectivity index (χ4v) is 5.45. The van der Waals surface area contributed by atoms with Crippen LogP contribution >= 0.6 is 11.3 Å². The van der Waals surface area contributed by atoms with E-state index in [0.29, 0.717) is 6.04 Å². The third-order valence-corrected chi connectivity index (χ3v) is 7.35. The van der Waals surface area contributed by atoms with Crippen LogP contribution in [-0.2, 0) is 0 Å². The number of hydrogen-bond acceptors (Lipinski definition) is 6. The quantitative estimate of drug-likeness (QED) is 0.487. The van der Waals surface area contributed by atoms with Gasteiger partial charge in [0.15, 0.2) is 5.65 Å². The van der Waals surface area contributed by atoms with E-state index in [0.717, 1.165) is 53.5 Å². The lowest BCUT2D eigenvalue weighted by atomic mass is 9.93. The summed E-state index contributed by atoms with van der Waals surface area (Å²) in [5.41, 5.74) is 4.24. The minimum absolute atomic E-state index is 0.155. The summed E-state index contributed by atoms with van der Waals surface area (Å²) in [7, 11) is 1.72. The molecule has 1 aromatic carbocycles. The van der Waals surface area contributed by atoms with Crippen molar-refractivity contribution in [1.82, 2.24) is 14.6 Å². The number of nitrogens with zero attached hydrogens (tertiary/aromatic N) is 3. The SMILES string of the molecule is COc1cc2sc(-c3cnc4ccc(N[C@H]5CC[C@H](O)CC5)nn34)cc2c(C)c1C. The van der Waals surface area contributed by atoms with Gasteiger partial charge in [-0.1, -0.05) is 0 Å². The second kappa shape index (κ2) is 7.56. The lowest BCUT2D eigenvalue weighted by molar-refractivity contribution is 0.126. The van der Waals surface area contributed by atoms with E-state index in [2.05, 4.69) is 36.3 Å². The van der Waals surface area contributed by atoms with Gasteiger partial charge >= 0.3 is 0 Å². The van der Waals surface area contributed by atoms with Crippen LogP contribution in [-0.4, -0.2) is 39.0 Å². The largest absolute Gasteiger partial charge is 0.496 e. The van der Waals surface area contributed by atoms with Gasteiger partial charge in [-0.15, -0.1) is 16.4 Å². The summed E-state index contributed by atoms with van der Waals surface area (Å²) in [5, 5.41) is 19.4. The highest BCUT2D eigenvalue weighted by Crippen LogP contribution is 2.39. The molecule has 0 amide bonds. The Kier molecular flexibility index (Phi) is 4.87. The summed E-state index contributed by atoms with van der Waals surface area (Å²) >= 11 is 1.73. The lowest BCUT2D eigenvalue weighted by Crippen LogP contribution is -2.28. The molecule has 0 aliphatic heterocycles. The molecule has 0 unspecified atom stereocenters. The van der Waals surface area contributed by atoms with Crippen molar-refractivity contribution in [2.24, 2.45) is 0 Å². The van der Waals surface area contributed by atoms with Crippen molar-refractivity contribution in [3.8, 4) is 16.3 Å². The molecular formula is C23H26N4O2S. The Hall–Kier alpha value is -2.64. The monoisotopic (exact) mass is 422 g/mol. The smallest absolute Gasteiger partial charge is 0.154 e. The molecule has 0 bridgehead atoms. The molecule has 3 aromatic heterocycles. The lowest BCUT2D eigenvalue weighted by Gasteiger charge is -2.26. The van der Waals surface area contributed by atoms with E-state index in [1.54, 1.807) is 18.4 Å². The van der Waals surface area contributed by atoms with Gasteiger partial charge in [-0.05, 0) is 80.3 Å². The summed E-state index contributed by atoms with van der Waals surface area (Å²) in [6, 6.07) is 8.69. The zero-order valence-electron chi connectivity index (χ0n) is 17.5. The fourth-order valence-electron chi connectivity index (χ4n) is 4.31. The van der Waals surface area contributed by atoms with Gasteiger partial charge in [0.25, 0.3) is 0 Å². The molecule has 2 N–H and O–H groups in total. The molecular weight excluding hydrogens is 396 g/mol. The number of anilines is 1. The van der Waals surface area contributed by atoms with Crippen LogP contribution in [0.25, 0.3) is 26.3 Å². The standard InChI is InChI=1S/C23H26N4O2S/c1-13-14(2)19(29-3)11-20-17(13)10-21(30-20)18-12-24-23-9-8-22(26-27(18)23)25-15-4-6-16(28)7-5-15/h8-12,15-16,28H,4-7H2,1-3H3,(H,25,26)/t15-,16-. The van der Waals surface area contributed by atoms with Crippen LogP contribution in [0.15, 0.2) is 30.5 Å². The van der Waals surface area contributed by atoms with Crippen molar-refractivity contribution in [3.63, 3.8) is 0 Å². The summed E-state index contributed by atoms with van der Waals surface area (Å²) in [5.74, 6) is 1.77. The average Bonchev–Trinajstić information content (AvgIpc) is 3.36. The van der Waals surface area contributed by atoms with Gasteiger partial charge in [-0.25, -0.2) is 9.50 Å². The van der Waals surface area contributed by atoms with E-state index in [-0.39, 0.29) is 6.10 Å². The van der Waals surface area contributed by atoms with Gasteiger partial charge in [0.2, 0.25) is 0 Å². The predicted molar refractivity (Wildman–Crippen MR) is 122 cm³/mol. The van der Waals surface area contributed by atoms with Crippen molar-refractivity contribution in [3.05, 3.63) is 41.6 Å². The number of thiophene rings is 1. The molecule has 7 heteroatoms. The number of methoxy groups -OCH3 is 1. The number of imidazole rings is 1. The maximum atomic E-state index is 9.74. The predicted octanol–water partition coefficient (Wildman–Crippen LogP) is 4.95. The Labute approximate surface area is 179 Å². The molecule has 3 heterocycles. The van der Waals surface area contributed by atoms with Gasteiger partial charge in [-0.2, -0.15) is 0 Å². The number of nitrogens with one attached hydrogen (secondary N) is 1. The summed E-state index contributed by atoms with van der Waals surface area (Å²) in [6.07, 6.45) is 5.37. The number of aliphatic hydroxyl groups is 1. The Morgan fingerprint density at radius 3 is 2.70 bits per heavy atom. The van der Waals surface area contributed by atoms with Crippen molar-refractivity contribution in [1.29, 1.82) is 0 Å². The number of hydrogen-bond donors (Lipinski definition) is 2. The number of rotatable bonds is 4. The van der Waals surface area contributed by atoms with Crippen LogP contribution in [0, 0.1) is 13.8 Å². The van der Waals surface area contributed by atoms with Crippen LogP contribution < -0.4 is 10.1 Å². The molecule has 0 radical (unpaired) electrons. The third kappa shape index (κ3) is 3.32. The highest BCUT2D eigenvalue weighted by Gasteiger charge is 2.20. The number of aryl methyl sites for hydroxylation is 1. The van der Waals surface area contributed by atoms with Gasteiger partial charge in [0.1, 0.15) is 17.3 Å². The van der Waals surface area contributed by atoms with Gasteiger partial charge < -0.3 is 15.2 Å². The molecule has 0 spiro atoms. The molecule has 6 nitrogen and oxygen atoms in total. The molecule has 30 heavy (non-hydrogen) atoms. The minimum Gasteiger partial charge on any atom is -0.496 e. The topological polar surface area (TPSA) is 71.7 Å². The summed E-state index contributed by atoms with van der Waals surface area (Å²) < 4.78 is 8.68. The Morgan fingerprint density at radius 2 is 1.93 bits per heavy atom. The highest BCUT2D eigenvalue weighted by molar-refractivity contribution is 7.22. The fraction of sp³-hybridized carbons (Fsp3) is 0.391. The van der Waals surface area contributed by atoms with Gasteiger partial charge in [-0.3, -0.25) is 0 Å². The first-order chi connectivity index (χ1) is 14.5. The molecule has 0 saturated heterocycles. The normalized spacial score (nSPS) is 19.5. The second-order valence-electron chi connectivity index (χ2n) is 8.13. The van der Waals surface area contributed by atoms with Crippen LogP contribution in [0.1, 0.15) is 36.8 Å².